The van der Waals surface area contributed by atoms with E-state index in [4.69, 9.17) is 15.3 Å². The minimum atomic E-state index is -0.603. The number of nitrogens with zero attached hydrogens (tertiary/aromatic N) is 2. The predicted molar refractivity (Wildman–Crippen MR) is 115 cm³/mol. The zero-order chi connectivity index (χ0) is 21.3. The number of methoxy groups -OCH3 is 1. The van der Waals surface area contributed by atoms with Gasteiger partial charge in [-0.05, 0) is 63.3 Å². The van der Waals surface area contributed by atoms with Crippen LogP contribution in [-0.2, 0) is 17.7 Å². The lowest BCUT2D eigenvalue weighted by Crippen LogP contribution is -2.52. The fourth-order valence-corrected chi connectivity index (χ4v) is 2.90. The number of benzene rings is 2. The quantitative estimate of drug-likeness (QED) is 0.290. The van der Waals surface area contributed by atoms with Crippen molar-refractivity contribution in [2.45, 2.75) is 52.2 Å². The molecule has 0 aliphatic rings. The van der Waals surface area contributed by atoms with Crippen LogP contribution in [0.25, 0.3) is 0 Å². The summed E-state index contributed by atoms with van der Waals surface area (Å²) in [6.45, 7) is 6.63. The summed E-state index contributed by atoms with van der Waals surface area (Å²) < 4.78 is 10.6. The molecule has 6 heteroatoms. The number of hydrazine groups is 2. The first-order valence-corrected chi connectivity index (χ1v) is 9.98. The summed E-state index contributed by atoms with van der Waals surface area (Å²) in [6.07, 6.45) is 2.34. The molecule has 0 aromatic heterocycles. The average molecular weight is 400 g/mol. The zero-order valence-electron chi connectivity index (χ0n) is 17.9. The number of ether oxygens (including phenoxy) is 2. The summed E-state index contributed by atoms with van der Waals surface area (Å²) in [5.74, 6) is 6.92. The normalized spacial score (nSPS) is 11.4. The molecule has 2 aromatic carbocycles. The Bertz CT molecular complexity index is 742. The number of unbranched alkanes of at least 4 members (excludes halogenated alkanes) is 1. The van der Waals surface area contributed by atoms with Gasteiger partial charge in [-0.25, -0.2) is 10.6 Å². The van der Waals surface area contributed by atoms with Crippen molar-refractivity contribution < 1.29 is 14.3 Å². The van der Waals surface area contributed by atoms with Crippen molar-refractivity contribution in [2.75, 3.05) is 13.7 Å². The topological polar surface area (TPSA) is 68.0 Å². The Labute approximate surface area is 174 Å². The van der Waals surface area contributed by atoms with E-state index >= 15 is 0 Å². The lowest BCUT2D eigenvalue weighted by molar-refractivity contribution is -0.0576. The van der Waals surface area contributed by atoms with Gasteiger partial charge in [0.2, 0.25) is 0 Å². The summed E-state index contributed by atoms with van der Waals surface area (Å²) in [4.78, 5) is 12.5. The Balaban J connectivity index is 1.99. The van der Waals surface area contributed by atoms with Crippen LogP contribution in [0.15, 0.2) is 54.6 Å². The molecule has 6 nitrogen and oxygen atoms in total. The Kier molecular flexibility index (Phi) is 8.49. The molecule has 0 bridgehead atoms. The van der Waals surface area contributed by atoms with Crippen LogP contribution in [0.1, 0.15) is 44.7 Å². The monoisotopic (exact) mass is 399 g/mol. The first-order valence-electron chi connectivity index (χ1n) is 9.98. The Hall–Kier alpha value is -2.57. The van der Waals surface area contributed by atoms with Crippen molar-refractivity contribution in [1.29, 1.82) is 0 Å². The second kappa shape index (κ2) is 10.8. The SMILES string of the molecule is COc1ccc(CN(CCCCc2ccccc2)N(N)C(=O)OC(C)(C)C)cc1. The maximum absolute atomic E-state index is 12.5. The molecule has 0 unspecified atom stereocenters. The van der Waals surface area contributed by atoms with Crippen LogP contribution >= 0.6 is 0 Å². The Morgan fingerprint density at radius 1 is 0.966 bits per heavy atom. The number of nitrogens with two attached hydrogens (primary N) is 1. The van der Waals surface area contributed by atoms with Crippen molar-refractivity contribution in [3.05, 3.63) is 65.7 Å². The number of hydrogen-bond acceptors (Lipinski definition) is 5. The molecule has 0 heterocycles. The van der Waals surface area contributed by atoms with Gasteiger partial charge in [0.1, 0.15) is 11.4 Å². The van der Waals surface area contributed by atoms with E-state index in [0.29, 0.717) is 13.1 Å². The van der Waals surface area contributed by atoms with E-state index in [9.17, 15) is 4.79 Å². The largest absolute Gasteiger partial charge is 0.497 e. The van der Waals surface area contributed by atoms with Crippen LogP contribution in [-0.4, -0.2) is 35.5 Å². The molecule has 158 valence electrons. The summed E-state index contributed by atoms with van der Waals surface area (Å²) in [5, 5.41) is 2.92. The standard InChI is InChI=1S/C23H33N3O3/c1-23(2,3)29-22(27)26(24)25(18-20-13-15-21(28-4)16-14-20)17-9-8-12-19-10-6-5-7-11-19/h5-7,10-11,13-16H,8-9,12,17-18,24H2,1-4H3. The maximum Gasteiger partial charge on any atom is 0.439 e. The third-order valence-electron chi connectivity index (χ3n) is 4.38. The molecule has 0 aliphatic heterocycles. The van der Waals surface area contributed by atoms with Gasteiger partial charge in [0.15, 0.2) is 0 Å². The second-order valence-corrected chi connectivity index (χ2v) is 8.00. The van der Waals surface area contributed by atoms with Gasteiger partial charge in [-0.15, -0.1) is 0 Å². The van der Waals surface area contributed by atoms with Gasteiger partial charge in [-0.1, -0.05) is 42.5 Å². The van der Waals surface area contributed by atoms with Crippen molar-refractivity contribution in [3.8, 4) is 5.75 Å². The highest BCUT2D eigenvalue weighted by Crippen LogP contribution is 2.16. The van der Waals surface area contributed by atoms with Crippen molar-refractivity contribution in [2.24, 2.45) is 5.84 Å². The van der Waals surface area contributed by atoms with Crippen LogP contribution in [0.2, 0.25) is 0 Å². The molecule has 0 radical (unpaired) electrons. The Morgan fingerprint density at radius 3 is 2.21 bits per heavy atom. The number of rotatable bonds is 9. The first-order chi connectivity index (χ1) is 13.8. The smallest absolute Gasteiger partial charge is 0.439 e. The molecule has 29 heavy (non-hydrogen) atoms. The average Bonchev–Trinajstić information content (AvgIpc) is 2.69. The molecule has 0 saturated carbocycles. The molecule has 0 saturated heterocycles. The van der Waals surface area contributed by atoms with Gasteiger partial charge in [-0.2, -0.15) is 10.1 Å². The molecule has 2 aromatic rings. The summed E-state index contributed by atoms with van der Waals surface area (Å²) in [7, 11) is 1.64. The van der Waals surface area contributed by atoms with E-state index in [1.807, 2.05) is 56.1 Å². The third-order valence-corrected chi connectivity index (χ3v) is 4.38. The van der Waals surface area contributed by atoms with Crippen molar-refractivity contribution >= 4 is 6.09 Å². The number of aryl methyl sites for hydroxylation is 1. The number of hydrogen-bond donors (Lipinski definition) is 1. The van der Waals surface area contributed by atoms with Crippen LogP contribution in [0.5, 0.6) is 5.75 Å². The third kappa shape index (κ3) is 8.13. The van der Waals surface area contributed by atoms with E-state index in [2.05, 4.69) is 24.3 Å². The maximum atomic E-state index is 12.5. The lowest BCUT2D eigenvalue weighted by atomic mass is 10.1. The van der Waals surface area contributed by atoms with Gasteiger partial charge >= 0.3 is 6.09 Å². The molecule has 0 fully saturated rings. The van der Waals surface area contributed by atoms with Gasteiger partial charge in [-0.3, -0.25) is 0 Å². The van der Waals surface area contributed by atoms with Crippen LogP contribution in [0.4, 0.5) is 4.79 Å². The van der Waals surface area contributed by atoms with Crippen molar-refractivity contribution in [3.63, 3.8) is 0 Å². The van der Waals surface area contributed by atoms with Crippen LogP contribution in [0.3, 0.4) is 0 Å². The van der Waals surface area contributed by atoms with Crippen LogP contribution in [0, 0.1) is 0 Å². The van der Waals surface area contributed by atoms with Gasteiger partial charge in [0.05, 0.1) is 7.11 Å². The first kappa shape index (κ1) is 22.7. The predicted octanol–water partition coefficient (Wildman–Crippen LogP) is 4.55. The molecular weight excluding hydrogens is 366 g/mol. The molecule has 2 rings (SSSR count). The summed E-state index contributed by atoms with van der Waals surface area (Å²) in [5.41, 5.74) is 1.74. The molecule has 1 amide bonds. The van der Waals surface area contributed by atoms with E-state index in [1.165, 1.54) is 5.56 Å². The number of carbonyl (C=O) groups excluding carboxylic acids is 1. The number of carbonyl (C=O) groups is 1. The van der Waals surface area contributed by atoms with Gasteiger partial charge in [0.25, 0.3) is 0 Å². The Morgan fingerprint density at radius 2 is 1.62 bits per heavy atom. The minimum Gasteiger partial charge on any atom is -0.497 e. The van der Waals surface area contributed by atoms with E-state index in [-0.39, 0.29) is 0 Å². The van der Waals surface area contributed by atoms with E-state index in [0.717, 1.165) is 35.7 Å². The molecule has 0 aliphatic carbocycles. The van der Waals surface area contributed by atoms with Gasteiger partial charge in [0, 0.05) is 13.1 Å². The summed E-state index contributed by atoms with van der Waals surface area (Å²) in [6, 6.07) is 18.1. The molecular formula is C23H33N3O3. The minimum absolute atomic E-state index is 0.505. The fraction of sp³-hybridized carbons (Fsp3) is 0.435. The lowest BCUT2D eigenvalue weighted by Gasteiger charge is -2.32. The van der Waals surface area contributed by atoms with Crippen molar-refractivity contribution in [1.82, 2.24) is 10.1 Å². The molecule has 0 spiro atoms. The fourth-order valence-electron chi connectivity index (χ4n) is 2.90. The van der Waals surface area contributed by atoms with Gasteiger partial charge < -0.3 is 9.47 Å². The van der Waals surface area contributed by atoms with E-state index < -0.39 is 11.7 Å². The van der Waals surface area contributed by atoms with E-state index in [1.54, 1.807) is 7.11 Å². The zero-order valence-corrected chi connectivity index (χ0v) is 17.9. The highest BCUT2D eigenvalue weighted by Gasteiger charge is 2.24. The van der Waals surface area contributed by atoms with Crippen LogP contribution < -0.4 is 10.6 Å². The number of amides is 1. The summed E-state index contributed by atoms with van der Waals surface area (Å²) >= 11 is 0. The molecule has 0 atom stereocenters. The highest BCUT2D eigenvalue weighted by atomic mass is 16.6. The second-order valence-electron chi connectivity index (χ2n) is 8.00. The highest BCUT2D eigenvalue weighted by molar-refractivity contribution is 5.66. The molecule has 2 N–H and O–H groups in total.